The average Bonchev–Trinajstić information content (AvgIpc) is 2.27. The van der Waals surface area contributed by atoms with Crippen LogP contribution in [-0.4, -0.2) is 28.8 Å². The highest BCUT2D eigenvalue weighted by molar-refractivity contribution is 5.92. The van der Waals surface area contributed by atoms with Crippen molar-refractivity contribution < 1.29 is 14.7 Å². The normalized spacial score (nSPS) is 20.1. The van der Waals surface area contributed by atoms with Crippen molar-refractivity contribution in [1.29, 1.82) is 0 Å². The molecule has 0 atom stereocenters. The quantitative estimate of drug-likeness (QED) is 0.303. The molecule has 0 aromatic rings. The predicted molar refractivity (Wildman–Crippen MR) is 64.0 cm³/mol. The Hall–Kier alpha value is -1.46. The standard InChI is InChI=1S/C11H21N3O3/c1-8(2)17-10(15)13-11(9(12)14-16)6-4-3-5-7-11/h8,16H,3-7H2,1-2H3,(H2,12,14)(H,13,15). The Kier molecular flexibility index (Phi) is 4.60. The van der Waals surface area contributed by atoms with E-state index < -0.39 is 11.6 Å². The number of carbonyl (C=O) groups is 1. The van der Waals surface area contributed by atoms with Crippen molar-refractivity contribution in [2.45, 2.75) is 57.6 Å². The van der Waals surface area contributed by atoms with Gasteiger partial charge in [-0.3, -0.25) is 0 Å². The molecule has 6 nitrogen and oxygen atoms in total. The second-order valence-electron chi connectivity index (χ2n) is 4.71. The maximum atomic E-state index is 11.6. The Balaban J connectivity index is 2.73. The zero-order chi connectivity index (χ0) is 12.9. The van der Waals surface area contributed by atoms with E-state index in [1.165, 1.54) is 0 Å². The van der Waals surface area contributed by atoms with E-state index in [-0.39, 0.29) is 11.9 Å². The molecule has 0 spiro atoms. The summed E-state index contributed by atoms with van der Waals surface area (Å²) in [5.74, 6) is 0.0536. The number of amides is 1. The number of nitrogens with one attached hydrogen (secondary N) is 1. The summed E-state index contributed by atoms with van der Waals surface area (Å²) in [5, 5.41) is 14.6. The summed E-state index contributed by atoms with van der Waals surface area (Å²) in [7, 11) is 0. The van der Waals surface area contributed by atoms with Gasteiger partial charge in [0.05, 0.1) is 6.10 Å². The Morgan fingerprint density at radius 3 is 2.47 bits per heavy atom. The van der Waals surface area contributed by atoms with E-state index in [1.54, 1.807) is 13.8 Å². The van der Waals surface area contributed by atoms with Gasteiger partial charge in [0.1, 0.15) is 5.54 Å². The van der Waals surface area contributed by atoms with Gasteiger partial charge in [-0.15, -0.1) is 0 Å². The zero-order valence-corrected chi connectivity index (χ0v) is 10.4. The molecule has 1 amide bonds. The van der Waals surface area contributed by atoms with Crippen LogP contribution in [0, 0.1) is 0 Å². The summed E-state index contributed by atoms with van der Waals surface area (Å²) in [6.07, 6.45) is 3.63. The van der Waals surface area contributed by atoms with Crippen LogP contribution < -0.4 is 11.1 Å². The highest BCUT2D eigenvalue weighted by Crippen LogP contribution is 2.28. The SMILES string of the molecule is CC(C)OC(=O)NC1(C(N)=NO)CCCCC1. The molecule has 17 heavy (non-hydrogen) atoms. The first-order valence-electron chi connectivity index (χ1n) is 5.97. The number of oxime groups is 1. The number of nitrogens with zero attached hydrogens (tertiary/aromatic N) is 1. The topological polar surface area (TPSA) is 96.9 Å². The van der Waals surface area contributed by atoms with E-state index in [0.29, 0.717) is 12.8 Å². The summed E-state index contributed by atoms with van der Waals surface area (Å²) >= 11 is 0. The van der Waals surface area contributed by atoms with Crippen LogP contribution in [0.4, 0.5) is 4.79 Å². The van der Waals surface area contributed by atoms with Gasteiger partial charge in [-0.05, 0) is 26.7 Å². The third-order valence-electron chi connectivity index (χ3n) is 2.99. The van der Waals surface area contributed by atoms with Crippen molar-refractivity contribution in [2.24, 2.45) is 10.9 Å². The number of ether oxygens (including phenoxy) is 1. The minimum absolute atomic E-state index is 0.0536. The molecule has 1 aliphatic carbocycles. The zero-order valence-electron chi connectivity index (χ0n) is 10.4. The van der Waals surface area contributed by atoms with Crippen molar-refractivity contribution in [3.63, 3.8) is 0 Å². The third kappa shape index (κ3) is 3.51. The van der Waals surface area contributed by atoms with Crippen LogP contribution >= 0.6 is 0 Å². The lowest BCUT2D eigenvalue weighted by Crippen LogP contribution is -2.58. The predicted octanol–water partition coefficient (Wildman–Crippen LogP) is 1.57. The fraction of sp³-hybridized carbons (Fsp3) is 0.818. The first-order valence-corrected chi connectivity index (χ1v) is 5.97. The van der Waals surface area contributed by atoms with E-state index in [0.717, 1.165) is 19.3 Å². The van der Waals surface area contributed by atoms with Crippen LogP contribution in [0.25, 0.3) is 0 Å². The second kappa shape index (κ2) is 5.75. The van der Waals surface area contributed by atoms with Gasteiger partial charge in [0.25, 0.3) is 0 Å². The van der Waals surface area contributed by atoms with Crippen molar-refractivity contribution in [3.8, 4) is 0 Å². The minimum Gasteiger partial charge on any atom is -0.447 e. The number of alkyl carbamates (subject to hydrolysis) is 1. The largest absolute Gasteiger partial charge is 0.447 e. The number of carbonyl (C=O) groups excluding carboxylic acids is 1. The van der Waals surface area contributed by atoms with Crippen molar-refractivity contribution in [1.82, 2.24) is 5.32 Å². The third-order valence-corrected chi connectivity index (χ3v) is 2.99. The molecule has 1 aliphatic rings. The molecule has 0 heterocycles. The maximum Gasteiger partial charge on any atom is 0.408 e. The highest BCUT2D eigenvalue weighted by atomic mass is 16.6. The molecule has 1 fully saturated rings. The lowest BCUT2D eigenvalue weighted by atomic mass is 9.81. The minimum atomic E-state index is -0.751. The van der Waals surface area contributed by atoms with Crippen LogP contribution in [0.2, 0.25) is 0 Å². The Labute approximate surface area is 101 Å². The molecule has 1 rings (SSSR count). The number of amidine groups is 1. The van der Waals surface area contributed by atoms with Crippen LogP contribution in [0.1, 0.15) is 46.0 Å². The van der Waals surface area contributed by atoms with E-state index in [4.69, 9.17) is 15.7 Å². The molecule has 0 aromatic carbocycles. The number of hydrogen-bond acceptors (Lipinski definition) is 4. The maximum absolute atomic E-state index is 11.6. The Morgan fingerprint density at radius 1 is 1.41 bits per heavy atom. The number of nitrogens with two attached hydrogens (primary N) is 1. The van der Waals surface area contributed by atoms with Gasteiger partial charge in [0, 0.05) is 0 Å². The van der Waals surface area contributed by atoms with Gasteiger partial charge < -0.3 is 21.0 Å². The van der Waals surface area contributed by atoms with Gasteiger partial charge in [0.15, 0.2) is 5.84 Å². The summed E-state index contributed by atoms with van der Waals surface area (Å²) in [6.45, 7) is 3.55. The van der Waals surface area contributed by atoms with Crippen molar-refractivity contribution in [3.05, 3.63) is 0 Å². The molecule has 0 unspecified atom stereocenters. The lowest BCUT2D eigenvalue weighted by Gasteiger charge is -2.36. The van der Waals surface area contributed by atoms with Gasteiger partial charge in [-0.2, -0.15) is 0 Å². The molecule has 98 valence electrons. The van der Waals surface area contributed by atoms with Crippen molar-refractivity contribution in [2.75, 3.05) is 0 Å². The molecular weight excluding hydrogens is 222 g/mol. The summed E-state index contributed by atoms with van der Waals surface area (Å²) in [5.41, 5.74) is 4.94. The van der Waals surface area contributed by atoms with E-state index in [2.05, 4.69) is 10.5 Å². The van der Waals surface area contributed by atoms with Crippen LogP contribution in [0.5, 0.6) is 0 Å². The van der Waals surface area contributed by atoms with Crippen LogP contribution in [0.3, 0.4) is 0 Å². The van der Waals surface area contributed by atoms with Gasteiger partial charge in [0.2, 0.25) is 0 Å². The molecule has 6 heteroatoms. The summed E-state index contributed by atoms with van der Waals surface area (Å²) < 4.78 is 5.03. The first kappa shape index (κ1) is 13.6. The Morgan fingerprint density at radius 2 is 2.00 bits per heavy atom. The van der Waals surface area contributed by atoms with E-state index >= 15 is 0 Å². The van der Waals surface area contributed by atoms with Gasteiger partial charge in [-0.1, -0.05) is 24.4 Å². The van der Waals surface area contributed by atoms with E-state index in [9.17, 15) is 4.79 Å². The van der Waals surface area contributed by atoms with Gasteiger partial charge in [-0.25, -0.2) is 4.79 Å². The molecule has 0 radical (unpaired) electrons. The molecule has 1 saturated carbocycles. The van der Waals surface area contributed by atoms with Crippen molar-refractivity contribution >= 4 is 11.9 Å². The summed E-state index contributed by atoms with van der Waals surface area (Å²) in [6, 6.07) is 0. The molecule has 0 aliphatic heterocycles. The average molecular weight is 243 g/mol. The number of rotatable bonds is 3. The molecule has 4 N–H and O–H groups in total. The second-order valence-corrected chi connectivity index (χ2v) is 4.71. The lowest BCUT2D eigenvalue weighted by molar-refractivity contribution is 0.105. The smallest absolute Gasteiger partial charge is 0.408 e. The van der Waals surface area contributed by atoms with Gasteiger partial charge >= 0.3 is 6.09 Å². The molecule has 0 aromatic heterocycles. The fourth-order valence-electron chi connectivity index (χ4n) is 2.14. The monoisotopic (exact) mass is 243 g/mol. The van der Waals surface area contributed by atoms with E-state index in [1.807, 2.05) is 0 Å². The highest BCUT2D eigenvalue weighted by Gasteiger charge is 2.38. The van der Waals surface area contributed by atoms with Crippen LogP contribution in [-0.2, 0) is 4.74 Å². The summed E-state index contributed by atoms with van der Waals surface area (Å²) in [4.78, 5) is 11.6. The first-order chi connectivity index (χ1) is 8.00. The molecular formula is C11H21N3O3. The molecule has 0 saturated heterocycles. The molecule has 0 bridgehead atoms. The number of hydrogen-bond donors (Lipinski definition) is 3. The Bertz CT molecular complexity index is 296. The van der Waals surface area contributed by atoms with Crippen LogP contribution in [0.15, 0.2) is 5.16 Å². The fourth-order valence-corrected chi connectivity index (χ4v) is 2.14.